The quantitative estimate of drug-likeness (QED) is 0.603. The highest BCUT2D eigenvalue weighted by molar-refractivity contribution is 6.27. The Morgan fingerprint density at radius 3 is 2.15 bits per heavy atom. The smallest absolute Gasteiger partial charge is 0.290 e. The average molecular weight is 185 g/mol. The van der Waals surface area contributed by atoms with Crippen molar-refractivity contribution in [2.45, 2.75) is 37.3 Å². The number of carbonyl (C=O) groups excluding carboxylic acids is 1. The van der Waals surface area contributed by atoms with Crippen LogP contribution < -0.4 is 0 Å². The maximum Gasteiger partial charge on any atom is 0.290 e. The molecule has 2 rings (SSSR count). The molecule has 1 saturated heterocycles. The first-order chi connectivity index (χ1) is 6.35. The van der Waals surface area contributed by atoms with Gasteiger partial charge in [-0.1, -0.05) is 0 Å². The summed E-state index contributed by atoms with van der Waals surface area (Å²) in [6, 6.07) is 0. The SMILES string of the molecule is C=O.O[B]C1CCC2(CC1)OCO2. The summed E-state index contributed by atoms with van der Waals surface area (Å²) in [5, 5.41) is 8.75. The van der Waals surface area contributed by atoms with Gasteiger partial charge in [-0.05, 0) is 18.7 Å². The molecule has 1 N–H and O–H groups in total. The van der Waals surface area contributed by atoms with Crippen LogP contribution in [0.2, 0.25) is 5.82 Å². The second-order valence-corrected chi connectivity index (χ2v) is 3.30. The van der Waals surface area contributed by atoms with Gasteiger partial charge < -0.3 is 19.3 Å². The van der Waals surface area contributed by atoms with E-state index in [9.17, 15) is 0 Å². The van der Waals surface area contributed by atoms with Crippen molar-refractivity contribution in [3.8, 4) is 0 Å². The van der Waals surface area contributed by atoms with Crippen LogP contribution in [-0.4, -0.2) is 31.9 Å². The van der Waals surface area contributed by atoms with Gasteiger partial charge in [0.15, 0.2) is 12.6 Å². The highest BCUT2D eigenvalue weighted by atomic mass is 16.9. The van der Waals surface area contributed by atoms with Crippen LogP contribution in [0.1, 0.15) is 25.7 Å². The number of hydrogen-bond donors (Lipinski definition) is 1. The Hall–Kier alpha value is -0.385. The van der Waals surface area contributed by atoms with E-state index in [0.29, 0.717) is 12.6 Å². The molecule has 0 unspecified atom stereocenters. The molecule has 0 aromatic rings. The van der Waals surface area contributed by atoms with Gasteiger partial charge in [-0.15, -0.1) is 0 Å². The lowest BCUT2D eigenvalue weighted by atomic mass is 9.69. The monoisotopic (exact) mass is 185 g/mol. The first-order valence-corrected chi connectivity index (χ1v) is 4.39. The van der Waals surface area contributed by atoms with Gasteiger partial charge in [-0.2, -0.15) is 0 Å². The van der Waals surface area contributed by atoms with Gasteiger partial charge in [-0.3, -0.25) is 0 Å². The Kier molecular flexibility index (Phi) is 3.90. The summed E-state index contributed by atoms with van der Waals surface area (Å²) in [5.74, 6) is 0.105. The number of ether oxygens (including phenoxy) is 2. The molecule has 0 amide bonds. The van der Waals surface area contributed by atoms with Crippen molar-refractivity contribution in [3.63, 3.8) is 0 Å². The lowest BCUT2D eigenvalue weighted by Crippen LogP contribution is -2.48. The number of rotatable bonds is 1. The van der Waals surface area contributed by atoms with Crippen LogP contribution in [0.15, 0.2) is 0 Å². The maximum absolute atomic E-state index is 8.75. The average Bonchev–Trinajstić information content (AvgIpc) is 2.19. The van der Waals surface area contributed by atoms with E-state index in [1.54, 1.807) is 0 Å². The third-order valence-electron chi connectivity index (χ3n) is 2.65. The van der Waals surface area contributed by atoms with Crippen molar-refractivity contribution in [1.82, 2.24) is 0 Å². The van der Waals surface area contributed by atoms with Crippen molar-refractivity contribution >= 4 is 14.3 Å². The number of hydrogen-bond acceptors (Lipinski definition) is 4. The lowest BCUT2D eigenvalue weighted by Gasteiger charge is -2.45. The molecule has 4 nitrogen and oxygen atoms in total. The standard InChI is InChI=1S/C7H12BO3.CH2O/c9-8-6-1-3-7(4-2-6)10-5-11-7;1-2/h6,9H,1-5H2;1H2. The van der Waals surface area contributed by atoms with Gasteiger partial charge in [0.1, 0.15) is 6.79 Å². The highest BCUT2D eigenvalue weighted by Crippen LogP contribution is 2.41. The largest absolute Gasteiger partial charge is 0.454 e. The Bertz CT molecular complexity index is 150. The topological polar surface area (TPSA) is 55.8 Å². The van der Waals surface area contributed by atoms with Crippen molar-refractivity contribution in [1.29, 1.82) is 0 Å². The molecule has 0 aromatic heterocycles. The Morgan fingerprint density at radius 2 is 1.85 bits per heavy atom. The van der Waals surface area contributed by atoms with Crippen LogP contribution >= 0.6 is 0 Å². The summed E-state index contributed by atoms with van der Waals surface area (Å²) in [5.41, 5.74) is 0. The minimum absolute atomic E-state index is 0.250. The second-order valence-electron chi connectivity index (χ2n) is 3.30. The zero-order valence-corrected chi connectivity index (χ0v) is 7.57. The first kappa shape index (κ1) is 10.7. The van der Waals surface area contributed by atoms with Crippen molar-refractivity contribution in [3.05, 3.63) is 0 Å². The maximum atomic E-state index is 8.75. The van der Waals surface area contributed by atoms with Crippen molar-refractivity contribution in [2.24, 2.45) is 0 Å². The molecule has 0 atom stereocenters. The molecule has 0 bridgehead atoms. The summed E-state index contributed by atoms with van der Waals surface area (Å²) >= 11 is 0. The van der Waals surface area contributed by atoms with E-state index in [1.807, 2.05) is 6.79 Å². The van der Waals surface area contributed by atoms with Crippen molar-refractivity contribution < 1.29 is 19.3 Å². The fraction of sp³-hybridized carbons (Fsp3) is 0.875. The lowest BCUT2D eigenvalue weighted by molar-refractivity contribution is -0.406. The molecule has 1 heterocycles. The highest BCUT2D eigenvalue weighted by Gasteiger charge is 2.42. The molecule has 1 saturated carbocycles. The van der Waals surface area contributed by atoms with Crippen LogP contribution in [-0.2, 0) is 14.3 Å². The fourth-order valence-electron chi connectivity index (χ4n) is 1.74. The minimum atomic E-state index is -0.250. The van der Waals surface area contributed by atoms with E-state index in [4.69, 9.17) is 19.3 Å². The van der Waals surface area contributed by atoms with Crippen LogP contribution in [0.3, 0.4) is 0 Å². The molecule has 1 spiro atoms. The van der Waals surface area contributed by atoms with Crippen LogP contribution in [0, 0.1) is 0 Å². The second kappa shape index (κ2) is 4.74. The Morgan fingerprint density at radius 1 is 1.31 bits per heavy atom. The minimum Gasteiger partial charge on any atom is -0.454 e. The van der Waals surface area contributed by atoms with Gasteiger partial charge in [0.05, 0.1) is 0 Å². The Balaban J connectivity index is 0.000000396. The van der Waals surface area contributed by atoms with Crippen LogP contribution in [0.25, 0.3) is 0 Å². The summed E-state index contributed by atoms with van der Waals surface area (Å²) in [6.45, 7) is 2.45. The van der Waals surface area contributed by atoms with Gasteiger partial charge in [0, 0.05) is 12.8 Å². The molecule has 1 aliphatic carbocycles. The molecule has 2 aliphatic rings. The molecule has 13 heavy (non-hydrogen) atoms. The Labute approximate surface area is 78.5 Å². The molecular formula is C8H14BO4. The van der Waals surface area contributed by atoms with E-state index in [-0.39, 0.29) is 5.79 Å². The van der Waals surface area contributed by atoms with Crippen molar-refractivity contribution in [2.75, 3.05) is 6.79 Å². The van der Waals surface area contributed by atoms with E-state index in [2.05, 4.69) is 0 Å². The molecule has 2 fully saturated rings. The third kappa shape index (κ3) is 2.30. The third-order valence-corrected chi connectivity index (χ3v) is 2.65. The van der Waals surface area contributed by atoms with Gasteiger partial charge in [0.2, 0.25) is 0 Å². The van der Waals surface area contributed by atoms with E-state index >= 15 is 0 Å². The predicted octanol–water partition coefficient (Wildman–Crippen LogP) is 0.476. The predicted molar refractivity (Wildman–Crippen MR) is 47.1 cm³/mol. The molecule has 1 radical (unpaired) electrons. The normalized spacial score (nSPS) is 25.6. The summed E-state index contributed by atoms with van der Waals surface area (Å²) in [7, 11) is 1.30. The molecule has 0 aromatic carbocycles. The van der Waals surface area contributed by atoms with Gasteiger partial charge in [-0.25, -0.2) is 0 Å². The molecule has 1 aliphatic heterocycles. The van der Waals surface area contributed by atoms with E-state index < -0.39 is 0 Å². The molecule has 73 valence electrons. The molecule has 5 heteroatoms. The van der Waals surface area contributed by atoms with Gasteiger partial charge >= 0.3 is 0 Å². The number of carbonyl (C=O) groups is 1. The zero-order valence-electron chi connectivity index (χ0n) is 7.57. The first-order valence-electron chi connectivity index (χ1n) is 4.39. The fourth-order valence-corrected chi connectivity index (χ4v) is 1.74. The van der Waals surface area contributed by atoms with E-state index in [1.165, 1.54) is 7.48 Å². The zero-order chi connectivity index (χ0) is 9.73. The van der Waals surface area contributed by atoms with Gasteiger partial charge in [0.25, 0.3) is 7.48 Å². The summed E-state index contributed by atoms with van der Waals surface area (Å²) in [6.07, 6.45) is 3.82. The van der Waals surface area contributed by atoms with Crippen LogP contribution in [0.5, 0.6) is 0 Å². The summed E-state index contributed by atoms with van der Waals surface area (Å²) < 4.78 is 10.7. The van der Waals surface area contributed by atoms with E-state index in [0.717, 1.165) is 25.7 Å². The molecular weight excluding hydrogens is 171 g/mol. The van der Waals surface area contributed by atoms with Crippen LogP contribution in [0.4, 0.5) is 0 Å². The summed E-state index contributed by atoms with van der Waals surface area (Å²) in [4.78, 5) is 8.00.